The normalized spacial score (nSPS) is 13.8. The number of halogens is 1. The SMILES string of the molecule is CCCCC(CC)CN=C(NCC)NCC(O)c1ccncc1.I. The van der Waals surface area contributed by atoms with Gasteiger partial charge in [0.2, 0.25) is 0 Å². The number of aromatic nitrogens is 1. The number of guanidine groups is 1. The standard InChI is InChI=1S/C18H32N4O.HI/c1-4-7-8-15(5-2)13-21-18(20-6-3)22-14-17(23)16-9-11-19-12-10-16;/h9-12,15,17,23H,4-8,13-14H2,1-3H3,(H2,20,21,22);1H. The summed E-state index contributed by atoms with van der Waals surface area (Å²) in [5.41, 5.74) is 0.859. The average molecular weight is 448 g/mol. The Kier molecular flexibility index (Phi) is 13.9. The molecule has 0 amide bonds. The molecule has 1 heterocycles. The molecule has 2 unspecified atom stereocenters. The fourth-order valence-corrected chi connectivity index (χ4v) is 2.38. The predicted molar refractivity (Wildman–Crippen MR) is 112 cm³/mol. The summed E-state index contributed by atoms with van der Waals surface area (Å²) in [5.74, 6) is 1.41. The molecule has 0 saturated heterocycles. The summed E-state index contributed by atoms with van der Waals surface area (Å²) in [7, 11) is 0. The van der Waals surface area contributed by atoms with Gasteiger partial charge in [-0.25, -0.2) is 0 Å². The highest BCUT2D eigenvalue weighted by Crippen LogP contribution is 2.13. The third-order valence-corrected chi connectivity index (χ3v) is 3.95. The number of hydrogen-bond acceptors (Lipinski definition) is 3. The van der Waals surface area contributed by atoms with Gasteiger partial charge in [0.25, 0.3) is 0 Å². The summed E-state index contributed by atoms with van der Waals surface area (Å²) in [5, 5.41) is 16.7. The van der Waals surface area contributed by atoms with Gasteiger partial charge in [0, 0.05) is 32.0 Å². The van der Waals surface area contributed by atoms with E-state index >= 15 is 0 Å². The minimum absolute atomic E-state index is 0. The number of aliphatic hydroxyl groups excluding tert-OH is 1. The minimum atomic E-state index is -0.566. The molecule has 0 aromatic carbocycles. The summed E-state index contributed by atoms with van der Waals surface area (Å²) in [6.45, 7) is 8.57. The molecule has 5 nitrogen and oxygen atoms in total. The lowest BCUT2D eigenvalue weighted by Crippen LogP contribution is -2.39. The summed E-state index contributed by atoms with van der Waals surface area (Å²) in [6.07, 6.45) is 7.70. The number of nitrogens with one attached hydrogen (secondary N) is 2. The van der Waals surface area contributed by atoms with Crippen molar-refractivity contribution in [3.63, 3.8) is 0 Å². The number of nitrogens with zero attached hydrogens (tertiary/aromatic N) is 2. The lowest BCUT2D eigenvalue weighted by molar-refractivity contribution is 0.180. The van der Waals surface area contributed by atoms with Crippen molar-refractivity contribution in [2.45, 2.75) is 52.6 Å². The number of aliphatic hydroxyl groups is 1. The molecule has 3 N–H and O–H groups in total. The van der Waals surface area contributed by atoms with Crippen molar-refractivity contribution in [1.29, 1.82) is 0 Å². The molecule has 138 valence electrons. The molecule has 0 bridgehead atoms. The van der Waals surface area contributed by atoms with Crippen LogP contribution in [0.2, 0.25) is 0 Å². The molecule has 0 spiro atoms. The van der Waals surface area contributed by atoms with Crippen LogP contribution >= 0.6 is 24.0 Å². The van der Waals surface area contributed by atoms with Crippen LogP contribution in [0.3, 0.4) is 0 Å². The molecule has 1 aromatic rings. The molecule has 6 heteroatoms. The molecule has 0 saturated carbocycles. The van der Waals surface area contributed by atoms with E-state index in [2.05, 4.69) is 34.5 Å². The Morgan fingerprint density at radius 1 is 1.21 bits per heavy atom. The lowest BCUT2D eigenvalue weighted by Gasteiger charge is -2.17. The number of unbranched alkanes of at least 4 members (excludes halogenated alkanes) is 1. The summed E-state index contributed by atoms with van der Waals surface area (Å²) >= 11 is 0. The van der Waals surface area contributed by atoms with Gasteiger partial charge in [-0.15, -0.1) is 24.0 Å². The van der Waals surface area contributed by atoms with Crippen LogP contribution in [0, 0.1) is 5.92 Å². The van der Waals surface area contributed by atoms with E-state index in [1.165, 1.54) is 19.3 Å². The highest BCUT2D eigenvalue weighted by Gasteiger charge is 2.09. The Labute approximate surface area is 163 Å². The van der Waals surface area contributed by atoms with Crippen LogP contribution in [-0.2, 0) is 0 Å². The van der Waals surface area contributed by atoms with Gasteiger partial charge in [0.05, 0.1) is 6.10 Å². The fourth-order valence-electron chi connectivity index (χ4n) is 2.38. The maximum Gasteiger partial charge on any atom is 0.191 e. The molecule has 1 aromatic heterocycles. The quantitative estimate of drug-likeness (QED) is 0.291. The maximum absolute atomic E-state index is 10.2. The molecular formula is C18H33IN4O. The van der Waals surface area contributed by atoms with E-state index in [-0.39, 0.29) is 24.0 Å². The molecule has 0 aliphatic carbocycles. The molecule has 24 heavy (non-hydrogen) atoms. The second kappa shape index (κ2) is 14.5. The van der Waals surface area contributed by atoms with Gasteiger partial charge in [0.15, 0.2) is 5.96 Å². The van der Waals surface area contributed by atoms with E-state index in [0.29, 0.717) is 12.5 Å². The van der Waals surface area contributed by atoms with Crippen molar-refractivity contribution in [2.24, 2.45) is 10.9 Å². The Morgan fingerprint density at radius 3 is 2.50 bits per heavy atom. The van der Waals surface area contributed by atoms with Crippen LogP contribution in [0.4, 0.5) is 0 Å². The number of pyridine rings is 1. The van der Waals surface area contributed by atoms with Gasteiger partial charge in [-0.3, -0.25) is 9.98 Å². The maximum atomic E-state index is 10.2. The van der Waals surface area contributed by atoms with Crippen molar-refractivity contribution in [3.05, 3.63) is 30.1 Å². The Hall–Kier alpha value is -0.890. The zero-order chi connectivity index (χ0) is 16.9. The van der Waals surface area contributed by atoms with E-state index in [0.717, 1.165) is 31.0 Å². The number of aliphatic imine (C=N–C) groups is 1. The largest absolute Gasteiger partial charge is 0.387 e. The van der Waals surface area contributed by atoms with Crippen LogP contribution < -0.4 is 10.6 Å². The Bertz CT molecular complexity index is 442. The third-order valence-electron chi connectivity index (χ3n) is 3.95. The van der Waals surface area contributed by atoms with E-state index < -0.39 is 6.10 Å². The monoisotopic (exact) mass is 448 g/mol. The molecule has 0 fully saturated rings. The van der Waals surface area contributed by atoms with Gasteiger partial charge in [0.1, 0.15) is 0 Å². The first-order valence-electron chi connectivity index (χ1n) is 8.81. The van der Waals surface area contributed by atoms with E-state index in [4.69, 9.17) is 0 Å². The molecule has 0 aliphatic heterocycles. The summed E-state index contributed by atoms with van der Waals surface area (Å²) in [6, 6.07) is 3.66. The van der Waals surface area contributed by atoms with Crippen LogP contribution in [0.1, 0.15) is 58.1 Å². The van der Waals surface area contributed by atoms with Crippen LogP contribution in [-0.4, -0.2) is 35.7 Å². The van der Waals surface area contributed by atoms with E-state index in [1.54, 1.807) is 12.4 Å². The highest BCUT2D eigenvalue weighted by atomic mass is 127. The summed E-state index contributed by atoms with van der Waals surface area (Å²) in [4.78, 5) is 8.64. The van der Waals surface area contributed by atoms with Gasteiger partial charge >= 0.3 is 0 Å². The van der Waals surface area contributed by atoms with Crippen molar-refractivity contribution in [2.75, 3.05) is 19.6 Å². The first-order valence-corrected chi connectivity index (χ1v) is 8.81. The molecule has 1 rings (SSSR count). The smallest absolute Gasteiger partial charge is 0.191 e. The van der Waals surface area contributed by atoms with Gasteiger partial charge in [-0.1, -0.05) is 33.1 Å². The van der Waals surface area contributed by atoms with Crippen molar-refractivity contribution >= 4 is 29.9 Å². The molecule has 2 atom stereocenters. The first-order chi connectivity index (χ1) is 11.2. The minimum Gasteiger partial charge on any atom is -0.387 e. The lowest BCUT2D eigenvalue weighted by atomic mass is 10.00. The second-order valence-corrected chi connectivity index (χ2v) is 5.81. The fraction of sp³-hybridized carbons (Fsp3) is 0.667. The van der Waals surface area contributed by atoms with Gasteiger partial charge in [-0.2, -0.15) is 0 Å². The highest BCUT2D eigenvalue weighted by molar-refractivity contribution is 14.0. The van der Waals surface area contributed by atoms with E-state index in [1.807, 2.05) is 19.1 Å². The van der Waals surface area contributed by atoms with Crippen LogP contribution in [0.15, 0.2) is 29.5 Å². The van der Waals surface area contributed by atoms with Crippen molar-refractivity contribution < 1.29 is 5.11 Å². The number of hydrogen-bond donors (Lipinski definition) is 3. The van der Waals surface area contributed by atoms with Gasteiger partial charge in [-0.05, 0) is 37.0 Å². The predicted octanol–water partition coefficient (Wildman–Crippen LogP) is 3.50. The van der Waals surface area contributed by atoms with Crippen LogP contribution in [0.5, 0.6) is 0 Å². The van der Waals surface area contributed by atoms with Crippen molar-refractivity contribution in [3.8, 4) is 0 Å². The molecule has 0 radical (unpaired) electrons. The van der Waals surface area contributed by atoms with Gasteiger partial charge < -0.3 is 15.7 Å². The van der Waals surface area contributed by atoms with Crippen LogP contribution in [0.25, 0.3) is 0 Å². The Balaban J connectivity index is 0.00000529. The first kappa shape index (κ1) is 23.1. The zero-order valence-electron chi connectivity index (χ0n) is 15.2. The van der Waals surface area contributed by atoms with E-state index in [9.17, 15) is 5.11 Å². The topological polar surface area (TPSA) is 69.5 Å². The van der Waals surface area contributed by atoms with Crippen molar-refractivity contribution in [1.82, 2.24) is 15.6 Å². The Morgan fingerprint density at radius 2 is 1.92 bits per heavy atom. The number of rotatable bonds is 10. The average Bonchev–Trinajstić information content (AvgIpc) is 2.60. The molecular weight excluding hydrogens is 415 g/mol. The summed E-state index contributed by atoms with van der Waals surface area (Å²) < 4.78 is 0. The third kappa shape index (κ3) is 9.42. The molecule has 0 aliphatic rings. The zero-order valence-corrected chi connectivity index (χ0v) is 17.5. The second-order valence-electron chi connectivity index (χ2n) is 5.81.